The van der Waals surface area contributed by atoms with Crippen LogP contribution in [0.1, 0.15) is 12.5 Å². The molecular formula is C11H12F3NO2. The Balaban J connectivity index is 2.74. The van der Waals surface area contributed by atoms with Crippen molar-refractivity contribution in [1.82, 2.24) is 5.48 Å². The number of alkyl halides is 3. The molecule has 0 saturated heterocycles. The molecule has 94 valence electrons. The van der Waals surface area contributed by atoms with E-state index in [0.29, 0.717) is 6.61 Å². The van der Waals surface area contributed by atoms with Crippen LogP contribution in [0.15, 0.2) is 36.7 Å². The minimum Gasteiger partial charge on any atom is -0.478 e. The van der Waals surface area contributed by atoms with Crippen LogP contribution in [0.5, 0.6) is 5.75 Å². The molecule has 6 heteroatoms. The van der Waals surface area contributed by atoms with E-state index in [1.54, 1.807) is 6.92 Å². The van der Waals surface area contributed by atoms with E-state index < -0.39 is 11.7 Å². The minimum absolute atomic E-state index is 0.0458. The topological polar surface area (TPSA) is 30.5 Å². The molecule has 0 aliphatic heterocycles. The maximum Gasteiger partial charge on any atom is 0.420 e. The van der Waals surface area contributed by atoms with Gasteiger partial charge in [0.1, 0.15) is 5.56 Å². The summed E-state index contributed by atoms with van der Waals surface area (Å²) in [4.78, 5) is 4.78. The lowest BCUT2D eigenvalue weighted by Crippen LogP contribution is -2.21. The van der Waals surface area contributed by atoms with Crippen molar-refractivity contribution in [3.8, 4) is 5.75 Å². The number of hydrogen-bond donors (Lipinski definition) is 1. The Bertz CT molecular complexity index is 391. The van der Waals surface area contributed by atoms with Crippen LogP contribution in [0.2, 0.25) is 0 Å². The standard InChI is InChI=1S/C11H12F3NO2/c1-3-16-8(2)15-17-10-7-5-4-6-9(10)11(12,13)14/h4-7,15H,2-3H2,1H3. The second kappa shape index (κ2) is 5.47. The van der Waals surface area contributed by atoms with Crippen molar-refractivity contribution < 1.29 is 22.7 Å². The number of benzene rings is 1. The average Bonchev–Trinajstić information content (AvgIpc) is 2.26. The Morgan fingerprint density at radius 2 is 2.00 bits per heavy atom. The largest absolute Gasteiger partial charge is 0.478 e. The Labute approximate surface area is 96.8 Å². The van der Waals surface area contributed by atoms with Crippen molar-refractivity contribution in [2.24, 2.45) is 0 Å². The highest BCUT2D eigenvalue weighted by molar-refractivity contribution is 5.35. The molecule has 1 rings (SSSR count). The number of para-hydroxylation sites is 1. The van der Waals surface area contributed by atoms with Crippen molar-refractivity contribution in [2.75, 3.05) is 6.61 Å². The van der Waals surface area contributed by atoms with Crippen LogP contribution in [0, 0.1) is 0 Å². The molecule has 0 spiro atoms. The normalized spacial score (nSPS) is 10.8. The fourth-order valence-electron chi connectivity index (χ4n) is 1.11. The minimum atomic E-state index is -4.47. The van der Waals surface area contributed by atoms with Crippen molar-refractivity contribution in [3.63, 3.8) is 0 Å². The molecule has 0 bridgehead atoms. The maximum atomic E-state index is 12.6. The molecule has 0 unspecified atom stereocenters. The van der Waals surface area contributed by atoms with Gasteiger partial charge in [-0.1, -0.05) is 12.1 Å². The summed E-state index contributed by atoms with van der Waals surface area (Å²) in [7, 11) is 0. The fraction of sp³-hybridized carbons (Fsp3) is 0.273. The zero-order valence-electron chi connectivity index (χ0n) is 9.17. The number of rotatable bonds is 5. The molecular weight excluding hydrogens is 235 g/mol. The van der Waals surface area contributed by atoms with Gasteiger partial charge in [-0.15, -0.1) is 0 Å². The molecule has 0 aromatic heterocycles. The van der Waals surface area contributed by atoms with Gasteiger partial charge in [0.25, 0.3) is 0 Å². The molecule has 1 N–H and O–H groups in total. The Morgan fingerprint density at radius 1 is 1.35 bits per heavy atom. The van der Waals surface area contributed by atoms with E-state index in [1.807, 2.05) is 0 Å². The Kier molecular flexibility index (Phi) is 4.25. The first-order chi connectivity index (χ1) is 7.95. The third kappa shape index (κ3) is 3.90. The van der Waals surface area contributed by atoms with Gasteiger partial charge in [-0.05, 0) is 25.6 Å². The first-order valence-corrected chi connectivity index (χ1v) is 4.86. The first kappa shape index (κ1) is 13.2. The van der Waals surface area contributed by atoms with Crippen LogP contribution in [-0.4, -0.2) is 6.61 Å². The highest BCUT2D eigenvalue weighted by atomic mass is 19.4. The van der Waals surface area contributed by atoms with Gasteiger partial charge in [-0.25, -0.2) is 0 Å². The molecule has 3 nitrogen and oxygen atoms in total. The molecule has 0 aliphatic carbocycles. The SMILES string of the molecule is C=C(NOc1ccccc1C(F)(F)F)OCC. The summed E-state index contributed by atoms with van der Waals surface area (Å²) >= 11 is 0. The van der Waals surface area contributed by atoms with Crippen molar-refractivity contribution in [1.29, 1.82) is 0 Å². The molecule has 0 radical (unpaired) electrons. The molecule has 0 amide bonds. The van der Waals surface area contributed by atoms with E-state index in [0.717, 1.165) is 6.07 Å². The van der Waals surface area contributed by atoms with E-state index >= 15 is 0 Å². The number of hydrogen-bond acceptors (Lipinski definition) is 3. The molecule has 0 atom stereocenters. The molecule has 0 heterocycles. The monoisotopic (exact) mass is 247 g/mol. The molecule has 1 aromatic rings. The fourth-order valence-corrected chi connectivity index (χ4v) is 1.11. The maximum absolute atomic E-state index is 12.6. The van der Waals surface area contributed by atoms with E-state index in [9.17, 15) is 13.2 Å². The van der Waals surface area contributed by atoms with Gasteiger partial charge in [0.15, 0.2) is 5.75 Å². The van der Waals surface area contributed by atoms with Crippen molar-refractivity contribution in [2.45, 2.75) is 13.1 Å². The number of halogens is 3. The van der Waals surface area contributed by atoms with Crippen LogP contribution in [0.25, 0.3) is 0 Å². The van der Waals surface area contributed by atoms with E-state index in [2.05, 4.69) is 12.1 Å². The van der Waals surface area contributed by atoms with Gasteiger partial charge in [-0.2, -0.15) is 18.7 Å². The smallest absolute Gasteiger partial charge is 0.420 e. The quantitative estimate of drug-likeness (QED) is 0.640. The second-order valence-electron chi connectivity index (χ2n) is 3.05. The molecule has 0 aliphatic rings. The highest BCUT2D eigenvalue weighted by Crippen LogP contribution is 2.35. The molecule has 17 heavy (non-hydrogen) atoms. The summed E-state index contributed by atoms with van der Waals surface area (Å²) in [6.45, 7) is 5.47. The van der Waals surface area contributed by atoms with Crippen LogP contribution in [0.4, 0.5) is 13.2 Å². The van der Waals surface area contributed by atoms with Crippen molar-refractivity contribution >= 4 is 0 Å². The van der Waals surface area contributed by atoms with E-state index in [4.69, 9.17) is 9.57 Å². The van der Waals surface area contributed by atoms with Gasteiger partial charge in [0, 0.05) is 0 Å². The number of ether oxygens (including phenoxy) is 1. The van der Waals surface area contributed by atoms with Gasteiger partial charge >= 0.3 is 6.18 Å². The third-order valence-electron chi connectivity index (χ3n) is 1.79. The molecule has 0 fully saturated rings. The van der Waals surface area contributed by atoms with Gasteiger partial charge in [-0.3, -0.25) is 0 Å². The number of nitrogens with one attached hydrogen (secondary N) is 1. The lowest BCUT2D eigenvalue weighted by molar-refractivity contribution is -0.139. The number of hydroxylamine groups is 1. The lowest BCUT2D eigenvalue weighted by Gasteiger charge is -2.14. The van der Waals surface area contributed by atoms with Crippen LogP contribution < -0.4 is 10.3 Å². The third-order valence-corrected chi connectivity index (χ3v) is 1.79. The van der Waals surface area contributed by atoms with Crippen molar-refractivity contribution in [3.05, 3.63) is 42.3 Å². The van der Waals surface area contributed by atoms with Crippen LogP contribution >= 0.6 is 0 Å². The molecule has 1 aromatic carbocycles. The van der Waals surface area contributed by atoms with Gasteiger partial charge in [0.2, 0.25) is 5.88 Å². The van der Waals surface area contributed by atoms with Gasteiger partial charge < -0.3 is 9.57 Å². The van der Waals surface area contributed by atoms with Crippen LogP contribution in [-0.2, 0) is 10.9 Å². The Hall–Kier alpha value is -1.85. The van der Waals surface area contributed by atoms with E-state index in [1.165, 1.54) is 18.2 Å². The van der Waals surface area contributed by atoms with E-state index in [-0.39, 0.29) is 11.6 Å². The Morgan fingerprint density at radius 3 is 2.59 bits per heavy atom. The first-order valence-electron chi connectivity index (χ1n) is 4.86. The summed E-state index contributed by atoms with van der Waals surface area (Å²) in [6.07, 6.45) is -4.47. The summed E-state index contributed by atoms with van der Waals surface area (Å²) in [5.74, 6) is -0.287. The second-order valence-corrected chi connectivity index (χ2v) is 3.05. The highest BCUT2D eigenvalue weighted by Gasteiger charge is 2.34. The van der Waals surface area contributed by atoms with Crippen LogP contribution in [0.3, 0.4) is 0 Å². The zero-order chi connectivity index (χ0) is 12.9. The van der Waals surface area contributed by atoms with Gasteiger partial charge in [0.05, 0.1) is 6.61 Å². The summed E-state index contributed by atoms with van der Waals surface area (Å²) in [6, 6.07) is 4.86. The molecule has 0 saturated carbocycles. The zero-order valence-corrected chi connectivity index (χ0v) is 9.17. The summed E-state index contributed by atoms with van der Waals surface area (Å²) < 4.78 is 42.6. The predicted molar refractivity (Wildman–Crippen MR) is 56.0 cm³/mol. The summed E-state index contributed by atoms with van der Waals surface area (Å²) in [5, 5.41) is 0. The summed E-state index contributed by atoms with van der Waals surface area (Å²) in [5.41, 5.74) is 1.33. The lowest BCUT2D eigenvalue weighted by atomic mass is 10.2. The average molecular weight is 247 g/mol. The predicted octanol–water partition coefficient (Wildman–Crippen LogP) is 3.10.